The van der Waals surface area contributed by atoms with Crippen molar-refractivity contribution in [2.75, 3.05) is 0 Å². The van der Waals surface area contributed by atoms with E-state index in [-0.39, 0.29) is 5.91 Å². The van der Waals surface area contributed by atoms with Crippen molar-refractivity contribution in [3.8, 4) is 0 Å². The van der Waals surface area contributed by atoms with Crippen LogP contribution in [-0.2, 0) is 4.79 Å². The number of aryl methyl sites for hydroxylation is 1. The van der Waals surface area contributed by atoms with E-state index in [1.165, 1.54) is 6.92 Å². The van der Waals surface area contributed by atoms with Crippen molar-refractivity contribution >= 4 is 27.8 Å². The van der Waals surface area contributed by atoms with Crippen LogP contribution in [0, 0.1) is 6.92 Å². The van der Waals surface area contributed by atoms with Gasteiger partial charge in [-0.05, 0) is 37.6 Å². The number of halogens is 1. The van der Waals surface area contributed by atoms with Crippen molar-refractivity contribution in [2.45, 2.75) is 19.9 Å². The van der Waals surface area contributed by atoms with Crippen LogP contribution in [0.5, 0.6) is 0 Å². The van der Waals surface area contributed by atoms with Crippen LogP contribution in [0.15, 0.2) is 22.7 Å². The lowest BCUT2D eigenvalue weighted by Gasteiger charge is -2.11. The zero-order chi connectivity index (χ0) is 12.3. The summed E-state index contributed by atoms with van der Waals surface area (Å²) in [7, 11) is 0. The maximum Gasteiger partial charge on any atom is 0.325 e. The lowest BCUT2D eigenvalue weighted by atomic mass is 10.1. The minimum Gasteiger partial charge on any atom is -0.480 e. The number of nitrogens with one attached hydrogen (secondary N) is 1. The molecule has 0 aliphatic carbocycles. The van der Waals surface area contributed by atoms with Crippen LogP contribution in [0.1, 0.15) is 22.8 Å². The predicted molar refractivity (Wildman–Crippen MR) is 63.4 cm³/mol. The van der Waals surface area contributed by atoms with Crippen LogP contribution in [-0.4, -0.2) is 23.0 Å². The van der Waals surface area contributed by atoms with Gasteiger partial charge in [0.25, 0.3) is 5.91 Å². The molecule has 0 spiro atoms. The molecule has 1 atom stereocenters. The average molecular weight is 286 g/mol. The minimum atomic E-state index is -1.05. The van der Waals surface area contributed by atoms with Gasteiger partial charge in [-0.1, -0.05) is 15.9 Å². The van der Waals surface area contributed by atoms with Gasteiger partial charge >= 0.3 is 5.97 Å². The Kier molecular flexibility index (Phi) is 4.06. The van der Waals surface area contributed by atoms with Crippen molar-refractivity contribution in [1.29, 1.82) is 0 Å². The highest BCUT2D eigenvalue weighted by Crippen LogP contribution is 2.15. The molecule has 0 aliphatic heterocycles. The molecule has 2 N–H and O–H groups in total. The van der Waals surface area contributed by atoms with E-state index in [9.17, 15) is 9.59 Å². The molecular weight excluding hydrogens is 274 g/mol. The van der Waals surface area contributed by atoms with Crippen LogP contribution < -0.4 is 5.32 Å². The van der Waals surface area contributed by atoms with Crippen molar-refractivity contribution in [3.05, 3.63) is 33.8 Å². The molecule has 1 amide bonds. The van der Waals surface area contributed by atoms with E-state index in [2.05, 4.69) is 21.2 Å². The van der Waals surface area contributed by atoms with Gasteiger partial charge in [-0.25, -0.2) is 0 Å². The van der Waals surface area contributed by atoms with Crippen LogP contribution in [0.4, 0.5) is 0 Å². The number of carboxylic acids is 1. The first kappa shape index (κ1) is 12.7. The number of benzene rings is 1. The summed E-state index contributed by atoms with van der Waals surface area (Å²) < 4.78 is 0.882. The third-order valence-corrected chi connectivity index (χ3v) is 2.64. The molecule has 1 aromatic rings. The summed E-state index contributed by atoms with van der Waals surface area (Å²) in [4.78, 5) is 22.3. The Hall–Kier alpha value is -1.36. The fourth-order valence-corrected chi connectivity index (χ4v) is 1.69. The molecule has 16 heavy (non-hydrogen) atoms. The largest absolute Gasteiger partial charge is 0.480 e. The average Bonchev–Trinajstić information content (AvgIpc) is 2.16. The molecule has 0 unspecified atom stereocenters. The van der Waals surface area contributed by atoms with Gasteiger partial charge in [-0.3, -0.25) is 9.59 Å². The molecule has 0 saturated heterocycles. The summed E-state index contributed by atoms with van der Waals surface area (Å²) in [6, 6.07) is 4.31. The SMILES string of the molecule is Cc1cc(Br)ccc1C(=O)N[C@@H](C)C(=O)O. The molecule has 0 radical (unpaired) electrons. The maximum atomic E-state index is 11.7. The summed E-state index contributed by atoms with van der Waals surface area (Å²) >= 11 is 3.29. The monoisotopic (exact) mass is 285 g/mol. The van der Waals surface area contributed by atoms with Gasteiger partial charge in [0.15, 0.2) is 0 Å². The molecule has 1 aromatic carbocycles. The van der Waals surface area contributed by atoms with Gasteiger partial charge in [0.05, 0.1) is 0 Å². The molecule has 1 rings (SSSR count). The van der Waals surface area contributed by atoms with Gasteiger partial charge < -0.3 is 10.4 Å². The highest BCUT2D eigenvalue weighted by atomic mass is 79.9. The maximum absolute atomic E-state index is 11.7. The van der Waals surface area contributed by atoms with E-state index in [4.69, 9.17) is 5.11 Å². The van der Waals surface area contributed by atoms with Gasteiger partial charge in [-0.2, -0.15) is 0 Å². The third kappa shape index (κ3) is 3.06. The van der Waals surface area contributed by atoms with Crippen molar-refractivity contribution in [3.63, 3.8) is 0 Å². The first-order valence-electron chi connectivity index (χ1n) is 4.71. The van der Waals surface area contributed by atoms with Crippen LogP contribution >= 0.6 is 15.9 Å². The van der Waals surface area contributed by atoms with Crippen molar-refractivity contribution in [1.82, 2.24) is 5.32 Å². The fraction of sp³-hybridized carbons (Fsp3) is 0.273. The van der Waals surface area contributed by atoms with Crippen molar-refractivity contribution in [2.24, 2.45) is 0 Å². The highest BCUT2D eigenvalue weighted by molar-refractivity contribution is 9.10. The summed E-state index contributed by atoms with van der Waals surface area (Å²) in [5.41, 5.74) is 1.28. The number of carbonyl (C=O) groups is 2. The Morgan fingerprint density at radius 3 is 2.56 bits per heavy atom. The quantitative estimate of drug-likeness (QED) is 0.892. The summed E-state index contributed by atoms with van der Waals surface area (Å²) in [6.07, 6.45) is 0. The first-order chi connectivity index (χ1) is 7.41. The van der Waals surface area contributed by atoms with Crippen molar-refractivity contribution < 1.29 is 14.7 Å². The molecule has 0 aromatic heterocycles. The lowest BCUT2D eigenvalue weighted by molar-refractivity contribution is -0.138. The second-order valence-electron chi connectivity index (χ2n) is 3.49. The summed E-state index contributed by atoms with van der Waals surface area (Å²) in [5, 5.41) is 11.1. The van der Waals surface area contributed by atoms with E-state index in [1.807, 2.05) is 0 Å². The Bertz CT molecular complexity index is 431. The van der Waals surface area contributed by atoms with Crippen LogP contribution in [0.2, 0.25) is 0 Å². The van der Waals surface area contributed by atoms with E-state index in [1.54, 1.807) is 25.1 Å². The number of rotatable bonds is 3. The first-order valence-corrected chi connectivity index (χ1v) is 5.51. The minimum absolute atomic E-state index is 0.375. The lowest BCUT2D eigenvalue weighted by Crippen LogP contribution is -2.38. The Morgan fingerprint density at radius 2 is 2.06 bits per heavy atom. The number of aliphatic carboxylic acids is 1. The number of carbonyl (C=O) groups excluding carboxylic acids is 1. The second-order valence-corrected chi connectivity index (χ2v) is 4.41. The normalized spacial score (nSPS) is 11.9. The van der Waals surface area contributed by atoms with Gasteiger partial charge in [0.2, 0.25) is 0 Å². The van der Waals surface area contributed by atoms with Crippen LogP contribution in [0.25, 0.3) is 0 Å². The van der Waals surface area contributed by atoms with E-state index < -0.39 is 12.0 Å². The Labute approximate surface area is 102 Å². The molecule has 86 valence electrons. The molecular formula is C11H12BrNO3. The Balaban J connectivity index is 2.85. The van der Waals surface area contributed by atoms with E-state index in [0.717, 1.165) is 10.0 Å². The van der Waals surface area contributed by atoms with Gasteiger partial charge in [0.1, 0.15) is 6.04 Å². The van der Waals surface area contributed by atoms with Gasteiger partial charge in [-0.15, -0.1) is 0 Å². The molecule has 0 heterocycles. The molecule has 0 saturated carbocycles. The molecule has 0 fully saturated rings. The van der Waals surface area contributed by atoms with E-state index in [0.29, 0.717) is 5.56 Å². The fourth-order valence-electron chi connectivity index (χ4n) is 1.22. The number of carboxylic acid groups (broad SMARTS) is 1. The zero-order valence-corrected chi connectivity index (χ0v) is 10.5. The topological polar surface area (TPSA) is 66.4 Å². The molecule has 4 nitrogen and oxygen atoms in total. The molecule has 5 heteroatoms. The number of hydrogen-bond donors (Lipinski definition) is 2. The standard InChI is InChI=1S/C11H12BrNO3/c1-6-5-8(12)3-4-9(6)10(14)13-7(2)11(15)16/h3-5,7H,1-2H3,(H,13,14)(H,15,16)/t7-/m0/s1. The third-order valence-electron chi connectivity index (χ3n) is 2.15. The highest BCUT2D eigenvalue weighted by Gasteiger charge is 2.16. The number of amides is 1. The van der Waals surface area contributed by atoms with Crippen LogP contribution in [0.3, 0.4) is 0 Å². The molecule has 0 aliphatic rings. The zero-order valence-electron chi connectivity index (χ0n) is 8.95. The second kappa shape index (κ2) is 5.12. The van der Waals surface area contributed by atoms with Gasteiger partial charge in [0, 0.05) is 10.0 Å². The van der Waals surface area contributed by atoms with E-state index >= 15 is 0 Å². The Morgan fingerprint density at radius 1 is 1.44 bits per heavy atom. The summed E-state index contributed by atoms with van der Waals surface area (Å²) in [5.74, 6) is -1.43. The summed E-state index contributed by atoms with van der Waals surface area (Å²) in [6.45, 7) is 3.22. The smallest absolute Gasteiger partial charge is 0.325 e. The molecule has 0 bridgehead atoms. The predicted octanol–water partition coefficient (Wildman–Crippen LogP) is 1.96. The number of hydrogen-bond acceptors (Lipinski definition) is 2.